The number of carbonyl (C=O) groups excluding carboxylic acids is 1. The van der Waals surface area contributed by atoms with Crippen LogP contribution in [0.3, 0.4) is 0 Å². The predicted octanol–water partition coefficient (Wildman–Crippen LogP) is 4.08. The average molecular weight is 372 g/mol. The van der Waals surface area contributed by atoms with E-state index in [2.05, 4.69) is 4.98 Å². The van der Waals surface area contributed by atoms with E-state index in [4.69, 9.17) is 16.0 Å². The van der Waals surface area contributed by atoms with Crippen molar-refractivity contribution in [1.82, 2.24) is 9.88 Å². The number of halogens is 1. The lowest BCUT2D eigenvalue weighted by molar-refractivity contribution is -0.384. The Morgan fingerprint density at radius 1 is 1.23 bits per heavy atom. The molecule has 3 aromatic rings. The van der Waals surface area contributed by atoms with Crippen LogP contribution in [-0.4, -0.2) is 20.7 Å². The van der Waals surface area contributed by atoms with Gasteiger partial charge in [-0.15, -0.1) is 0 Å². The van der Waals surface area contributed by atoms with Crippen LogP contribution in [0.5, 0.6) is 0 Å². The fourth-order valence-electron chi connectivity index (χ4n) is 2.46. The minimum absolute atomic E-state index is 0.0276. The highest BCUT2D eigenvalue weighted by Gasteiger charge is 2.22. The molecular weight excluding hydrogens is 358 g/mol. The maximum Gasteiger partial charge on any atom is 0.270 e. The van der Waals surface area contributed by atoms with Crippen LogP contribution in [0.4, 0.5) is 5.69 Å². The van der Waals surface area contributed by atoms with Gasteiger partial charge in [-0.2, -0.15) is 0 Å². The molecular formula is C18H14ClN3O4. The number of non-ortho nitro benzene ring substituents is 1. The molecule has 0 fully saturated rings. The molecule has 0 unspecified atom stereocenters. The molecule has 0 radical (unpaired) electrons. The highest BCUT2D eigenvalue weighted by atomic mass is 35.5. The van der Waals surface area contributed by atoms with E-state index in [1.54, 1.807) is 35.5 Å². The quantitative estimate of drug-likeness (QED) is 0.481. The van der Waals surface area contributed by atoms with Crippen molar-refractivity contribution in [3.63, 3.8) is 0 Å². The Balaban J connectivity index is 1.90. The number of aromatic nitrogens is 1. The van der Waals surface area contributed by atoms with Crippen LogP contribution in [0.25, 0.3) is 0 Å². The number of rotatable bonds is 6. The first-order chi connectivity index (χ1) is 12.5. The number of furan rings is 1. The van der Waals surface area contributed by atoms with E-state index in [9.17, 15) is 14.9 Å². The summed E-state index contributed by atoms with van der Waals surface area (Å²) in [5.41, 5.74) is 0.856. The zero-order chi connectivity index (χ0) is 18.5. The molecule has 0 bridgehead atoms. The van der Waals surface area contributed by atoms with Gasteiger partial charge in [0.15, 0.2) is 0 Å². The van der Waals surface area contributed by atoms with Gasteiger partial charge < -0.3 is 9.32 Å². The first-order valence-corrected chi connectivity index (χ1v) is 8.07. The molecule has 132 valence electrons. The molecule has 8 heteroatoms. The summed E-state index contributed by atoms with van der Waals surface area (Å²) in [6.07, 6.45) is 4.84. The van der Waals surface area contributed by atoms with Gasteiger partial charge in [-0.3, -0.25) is 19.9 Å². The molecule has 2 aromatic heterocycles. The van der Waals surface area contributed by atoms with Gasteiger partial charge in [-0.1, -0.05) is 17.7 Å². The number of hydrogen-bond donors (Lipinski definition) is 0. The molecule has 2 heterocycles. The minimum atomic E-state index is -0.559. The van der Waals surface area contributed by atoms with Gasteiger partial charge in [-0.25, -0.2) is 0 Å². The third-order valence-corrected chi connectivity index (χ3v) is 4.02. The summed E-state index contributed by atoms with van der Waals surface area (Å²) in [6.45, 7) is 0.523. The van der Waals surface area contributed by atoms with E-state index < -0.39 is 4.92 Å². The number of carbonyl (C=O) groups is 1. The van der Waals surface area contributed by atoms with Crippen LogP contribution in [0.1, 0.15) is 21.7 Å². The second-order valence-electron chi connectivity index (χ2n) is 5.52. The molecule has 1 amide bonds. The lowest BCUT2D eigenvalue weighted by Gasteiger charge is -2.22. The highest BCUT2D eigenvalue weighted by molar-refractivity contribution is 6.34. The molecule has 7 nitrogen and oxygen atoms in total. The Hall–Kier alpha value is -3.19. The van der Waals surface area contributed by atoms with Gasteiger partial charge in [-0.05, 0) is 29.8 Å². The summed E-state index contributed by atoms with van der Waals surface area (Å²) >= 11 is 6.11. The van der Waals surface area contributed by atoms with Crippen molar-refractivity contribution in [3.8, 4) is 0 Å². The number of benzene rings is 1. The van der Waals surface area contributed by atoms with Gasteiger partial charge in [0.25, 0.3) is 11.6 Å². The molecule has 0 N–H and O–H groups in total. The molecule has 3 rings (SSSR count). The summed E-state index contributed by atoms with van der Waals surface area (Å²) in [6, 6.07) is 10.9. The van der Waals surface area contributed by atoms with E-state index >= 15 is 0 Å². The zero-order valence-electron chi connectivity index (χ0n) is 13.5. The van der Waals surface area contributed by atoms with Crippen molar-refractivity contribution in [2.75, 3.05) is 0 Å². The third-order valence-electron chi connectivity index (χ3n) is 3.70. The van der Waals surface area contributed by atoms with Crippen LogP contribution in [0.15, 0.2) is 65.5 Å². The Morgan fingerprint density at radius 3 is 2.69 bits per heavy atom. The summed E-state index contributed by atoms with van der Waals surface area (Å²) in [5, 5.41) is 10.9. The number of hydrogen-bond acceptors (Lipinski definition) is 5. The van der Waals surface area contributed by atoms with Gasteiger partial charge in [0, 0.05) is 31.1 Å². The molecule has 0 saturated heterocycles. The van der Waals surface area contributed by atoms with Crippen molar-refractivity contribution >= 4 is 23.2 Å². The smallest absolute Gasteiger partial charge is 0.270 e. The van der Waals surface area contributed by atoms with Crippen LogP contribution < -0.4 is 0 Å². The van der Waals surface area contributed by atoms with Gasteiger partial charge in [0.1, 0.15) is 5.76 Å². The highest BCUT2D eigenvalue weighted by Crippen LogP contribution is 2.25. The normalized spacial score (nSPS) is 10.5. The van der Waals surface area contributed by atoms with Crippen molar-refractivity contribution in [2.24, 2.45) is 0 Å². The Labute approximate surface area is 154 Å². The van der Waals surface area contributed by atoms with E-state index in [0.717, 1.165) is 5.56 Å². The molecule has 1 aromatic carbocycles. The summed E-state index contributed by atoms with van der Waals surface area (Å²) in [4.78, 5) is 28.9. The summed E-state index contributed by atoms with van der Waals surface area (Å²) < 4.78 is 5.34. The van der Waals surface area contributed by atoms with E-state index in [1.807, 2.05) is 6.07 Å². The number of amides is 1. The second kappa shape index (κ2) is 7.79. The zero-order valence-corrected chi connectivity index (χ0v) is 14.3. The Bertz CT molecular complexity index is 913. The van der Waals surface area contributed by atoms with Crippen LogP contribution in [-0.2, 0) is 13.1 Å². The van der Waals surface area contributed by atoms with Gasteiger partial charge in [0.05, 0.1) is 28.3 Å². The monoisotopic (exact) mass is 371 g/mol. The van der Waals surface area contributed by atoms with Crippen molar-refractivity contribution in [2.45, 2.75) is 13.1 Å². The maximum absolute atomic E-state index is 13.0. The Morgan fingerprint density at radius 2 is 2.08 bits per heavy atom. The maximum atomic E-state index is 13.0. The minimum Gasteiger partial charge on any atom is -0.467 e. The van der Waals surface area contributed by atoms with Crippen molar-refractivity contribution in [3.05, 3.63) is 93.1 Å². The fraction of sp³-hybridized carbons (Fsp3) is 0.111. The van der Waals surface area contributed by atoms with Gasteiger partial charge >= 0.3 is 0 Å². The second-order valence-corrected chi connectivity index (χ2v) is 5.93. The van der Waals surface area contributed by atoms with Crippen molar-refractivity contribution in [1.29, 1.82) is 0 Å². The third kappa shape index (κ3) is 4.07. The summed E-state index contributed by atoms with van der Waals surface area (Å²) in [7, 11) is 0. The first-order valence-electron chi connectivity index (χ1n) is 7.69. The average Bonchev–Trinajstić information content (AvgIpc) is 3.14. The predicted molar refractivity (Wildman–Crippen MR) is 94.6 cm³/mol. The summed E-state index contributed by atoms with van der Waals surface area (Å²) in [5.74, 6) is 0.255. The van der Waals surface area contributed by atoms with Crippen LogP contribution in [0.2, 0.25) is 5.02 Å². The molecule has 0 aliphatic carbocycles. The first kappa shape index (κ1) is 17.6. The molecule has 0 aliphatic rings. The lowest BCUT2D eigenvalue weighted by Crippen LogP contribution is -2.30. The van der Waals surface area contributed by atoms with Crippen LogP contribution >= 0.6 is 11.6 Å². The molecule has 0 aliphatic heterocycles. The number of nitro benzene ring substituents is 1. The topological polar surface area (TPSA) is 89.5 Å². The number of pyridine rings is 1. The SMILES string of the molecule is O=C(c1ccc([N+](=O)[O-])cc1Cl)N(Cc1cccnc1)Cc1ccco1. The largest absolute Gasteiger partial charge is 0.467 e. The number of nitrogens with zero attached hydrogens (tertiary/aromatic N) is 3. The fourth-order valence-corrected chi connectivity index (χ4v) is 2.72. The molecule has 0 spiro atoms. The van der Waals surface area contributed by atoms with E-state index in [-0.39, 0.29) is 28.7 Å². The van der Waals surface area contributed by atoms with Gasteiger partial charge in [0.2, 0.25) is 0 Å². The molecule has 26 heavy (non-hydrogen) atoms. The Kier molecular flexibility index (Phi) is 5.28. The lowest BCUT2D eigenvalue weighted by atomic mass is 10.1. The molecule has 0 saturated carbocycles. The van der Waals surface area contributed by atoms with E-state index in [1.165, 1.54) is 24.5 Å². The standard InChI is InChI=1S/C18H14ClN3O4/c19-17-9-14(22(24)25)5-6-16(17)18(23)21(12-15-4-2-8-26-15)11-13-3-1-7-20-10-13/h1-10H,11-12H2. The van der Waals surface area contributed by atoms with Crippen molar-refractivity contribution < 1.29 is 14.1 Å². The van der Waals surface area contributed by atoms with Crippen LogP contribution in [0, 0.1) is 10.1 Å². The molecule has 0 atom stereocenters. The number of nitro groups is 1. The van der Waals surface area contributed by atoms with E-state index in [0.29, 0.717) is 12.3 Å².